The Bertz CT molecular complexity index is 1420. The van der Waals surface area contributed by atoms with Crippen molar-refractivity contribution >= 4 is 27.5 Å². The zero-order chi connectivity index (χ0) is 29.4. The van der Waals surface area contributed by atoms with Crippen molar-refractivity contribution in [2.24, 2.45) is 0 Å². The molecule has 8 heteroatoms. The van der Waals surface area contributed by atoms with Crippen molar-refractivity contribution in [2.45, 2.75) is 82.8 Å². The molecule has 1 N–H and O–H groups in total. The van der Waals surface area contributed by atoms with E-state index in [2.05, 4.69) is 5.32 Å². The van der Waals surface area contributed by atoms with Crippen molar-refractivity contribution in [1.29, 1.82) is 0 Å². The minimum atomic E-state index is -4.07. The van der Waals surface area contributed by atoms with E-state index in [0.717, 1.165) is 46.7 Å². The van der Waals surface area contributed by atoms with E-state index in [4.69, 9.17) is 0 Å². The summed E-state index contributed by atoms with van der Waals surface area (Å²) >= 11 is 0. The molecule has 1 saturated carbocycles. The lowest BCUT2D eigenvalue weighted by Crippen LogP contribution is -2.54. The maximum Gasteiger partial charge on any atom is 0.264 e. The number of nitrogens with one attached hydrogen (secondary N) is 1. The quantitative estimate of drug-likeness (QED) is 0.315. The van der Waals surface area contributed by atoms with Gasteiger partial charge in [0, 0.05) is 12.6 Å². The molecule has 0 heterocycles. The number of carbonyl (C=O) groups is 2. The highest BCUT2D eigenvalue weighted by Gasteiger charge is 2.34. The van der Waals surface area contributed by atoms with Gasteiger partial charge >= 0.3 is 0 Å². The predicted octanol–water partition coefficient (Wildman–Crippen LogP) is 5.76. The second-order valence-corrected chi connectivity index (χ2v) is 12.7. The van der Waals surface area contributed by atoms with Crippen LogP contribution in [0.4, 0.5) is 5.69 Å². The number of sulfonamides is 1. The number of rotatable bonds is 11. The summed E-state index contributed by atoms with van der Waals surface area (Å²) < 4.78 is 29.0. The van der Waals surface area contributed by atoms with E-state index in [-0.39, 0.29) is 23.4 Å². The van der Waals surface area contributed by atoms with Gasteiger partial charge in [0.15, 0.2) is 0 Å². The van der Waals surface area contributed by atoms with Gasteiger partial charge in [-0.15, -0.1) is 0 Å². The van der Waals surface area contributed by atoms with Gasteiger partial charge in [-0.1, -0.05) is 86.3 Å². The van der Waals surface area contributed by atoms with Crippen LogP contribution in [0.2, 0.25) is 0 Å². The van der Waals surface area contributed by atoms with Crippen LogP contribution in [-0.4, -0.2) is 43.8 Å². The Labute approximate surface area is 244 Å². The van der Waals surface area contributed by atoms with E-state index in [1.807, 2.05) is 57.2 Å². The lowest BCUT2D eigenvalue weighted by molar-refractivity contribution is -0.140. The molecule has 41 heavy (non-hydrogen) atoms. The average molecular weight is 576 g/mol. The molecule has 3 aromatic rings. The Morgan fingerprint density at radius 3 is 2.15 bits per heavy atom. The minimum absolute atomic E-state index is 0.0981. The number of benzene rings is 3. The smallest absolute Gasteiger partial charge is 0.264 e. The number of carbonyl (C=O) groups excluding carboxylic acids is 2. The molecule has 0 aliphatic heterocycles. The summed E-state index contributed by atoms with van der Waals surface area (Å²) in [6.07, 6.45) is 5.61. The Kier molecular flexibility index (Phi) is 10.2. The number of nitrogens with zero attached hydrogens (tertiary/aromatic N) is 2. The van der Waals surface area contributed by atoms with Crippen LogP contribution in [0.1, 0.15) is 62.1 Å². The molecule has 0 saturated heterocycles. The van der Waals surface area contributed by atoms with E-state index in [1.165, 1.54) is 18.6 Å². The van der Waals surface area contributed by atoms with E-state index >= 15 is 0 Å². The van der Waals surface area contributed by atoms with Crippen molar-refractivity contribution < 1.29 is 18.0 Å². The van der Waals surface area contributed by atoms with E-state index in [9.17, 15) is 18.0 Å². The third-order valence-corrected chi connectivity index (χ3v) is 9.66. The second kappa shape index (κ2) is 13.8. The molecule has 2 amide bonds. The first-order valence-corrected chi connectivity index (χ1v) is 15.9. The second-order valence-electron chi connectivity index (χ2n) is 10.9. The van der Waals surface area contributed by atoms with Gasteiger partial charge in [-0.05, 0) is 68.5 Å². The molecule has 0 unspecified atom stereocenters. The number of hydrogen-bond donors (Lipinski definition) is 1. The Morgan fingerprint density at radius 2 is 1.51 bits per heavy atom. The van der Waals surface area contributed by atoms with Gasteiger partial charge in [0.1, 0.15) is 12.6 Å². The molecule has 218 valence electrons. The molecule has 1 aliphatic rings. The van der Waals surface area contributed by atoms with Crippen LogP contribution in [0.25, 0.3) is 0 Å². The number of aryl methyl sites for hydroxylation is 2. The fourth-order valence-corrected chi connectivity index (χ4v) is 6.83. The fraction of sp³-hybridized carbons (Fsp3) is 0.394. The highest BCUT2D eigenvalue weighted by molar-refractivity contribution is 7.92. The zero-order valence-corrected chi connectivity index (χ0v) is 25.1. The van der Waals surface area contributed by atoms with Gasteiger partial charge in [-0.25, -0.2) is 8.42 Å². The summed E-state index contributed by atoms with van der Waals surface area (Å²) in [5.41, 5.74) is 3.28. The molecule has 0 spiro atoms. The van der Waals surface area contributed by atoms with Gasteiger partial charge in [0.25, 0.3) is 10.0 Å². The number of amides is 2. The summed E-state index contributed by atoms with van der Waals surface area (Å²) in [6, 6.07) is 22.3. The summed E-state index contributed by atoms with van der Waals surface area (Å²) in [5.74, 6) is -0.617. The maximum atomic E-state index is 14.2. The monoisotopic (exact) mass is 575 g/mol. The van der Waals surface area contributed by atoms with Crippen LogP contribution in [0.15, 0.2) is 83.8 Å². The molecule has 1 atom stereocenters. The highest BCUT2D eigenvalue weighted by atomic mass is 32.2. The third-order valence-electron chi connectivity index (χ3n) is 7.87. The van der Waals surface area contributed by atoms with Crippen molar-refractivity contribution in [3.05, 3.63) is 95.6 Å². The molecule has 7 nitrogen and oxygen atoms in total. The molecule has 1 fully saturated rings. The van der Waals surface area contributed by atoms with Crippen LogP contribution in [0, 0.1) is 13.8 Å². The van der Waals surface area contributed by atoms with Crippen molar-refractivity contribution in [3.8, 4) is 0 Å². The van der Waals surface area contributed by atoms with Crippen LogP contribution in [0.5, 0.6) is 0 Å². The largest absolute Gasteiger partial charge is 0.352 e. The Hall–Kier alpha value is -3.65. The Balaban J connectivity index is 1.70. The van der Waals surface area contributed by atoms with E-state index in [0.29, 0.717) is 12.1 Å². The first kappa shape index (κ1) is 30.3. The topological polar surface area (TPSA) is 86.8 Å². The minimum Gasteiger partial charge on any atom is -0.352 e. The zero-order valence-electron chi connectivity index (χ0n) is 24.3. The van der Waals surface area contributed by atoms with Gasteiger partial charge < -0.3 is 10.2 Å². The summed E-state index contributed by atoms with van der Waals surface area (Å²) in [5, 5.41) is 3.19. The standard InChI is InChI=1S/C33H41N3O4S/c1-4-31(33(38)34-28-15-7-5-8-16-28)35(23-27-14-12-11-13-26(27)3)32(37)24-36(29-21-19-25(2)20-22-29)41(39,40)30-17-9-6-10-18-30/h6,9-14,17-22,28,31H,4-5,7-8,15-16,23-24H2,1-3H3,(H,34,38)/t31-/m0/s1. The lowest BCUT2D eigenvalue weighted by atomic mass is 9.95. The molecule has 0 bridgehead atoms. The number of anilines is 1. The van der Waals surface area contributed by atoms with Crippen LogP contribution in [-0.2, 0) is 26.2 Å². The maximum absolute atomic E-state index is 14.2. The van der Waals surface area contributed by atoms with Crippen molar-refractivity contribution in [1.82, 2.24) is 10.2 Å². The molecule has 1 aliphatic carbocycles. The van der Waals surface area contributed by atoms with Gasteiger partial charge in [0.2, 0.25) is 11.8 Å². The third kappa shape index (κ3) is 7.55. The first-order valence-electron chi connectivity index (χ1n) is 14.5. The highest BCUT2D eigenvalue weighted by Crippen LogP contribution is 2.26. The van der Waals surface area contributed by atoms with Crippen LogP contribution >= 0.6 is 0 Å². The average Bonchev–Trinajstić information content (AvgIpc) is 2.98. The summed E-state index contributed by atoms with van der Waals surface area (Å²) in [4.78, 5) is 29.5. The van der Waals surface area contributed by atoms with Crippen LogP contribution < -0.4 is 9.62 Å². The van der Waals surface area contributed by atoms with Gasteiger partial charge in [-0.2, -0.15) is 0 Å². The van der Waals surface area contributed by atoms with Crippen LogP contribution in [0.3, 0.4) is 0 Å². The van der Waals surface area contributed by atoms with E-state index in [1.54, 1.807) is 35.2 Å². The predicted molar refractivity (Wildman–Crippen MR) is 163 cm³/mol. The fourth-order valence-electron chi connectivity index (χ4n) is 5.39. The van der Waals surface area contributed by atoms with Crippen molar-refractivity contribution in [3.63, 3.8) is 0 Å². The van der Waals surface area contributed by atoms with Gasteiger partial charge in [-0.3, -0.25) is 13.9 Å². The summed E-state index contributed by atoms with van der Waals surface area (Å²) in [6.45, 7) is 5.56. The Morgan fingerprint density at radius 1 is 0.878 bits per heavy atom. The number of hydrogen-bond acceptors (Lipinski definition) is 4. The van der Waals surface area contributed by atoms with Crippen molar-refractivity contribution in [2.75, 3.05) is 10.8 Å². The normalized spacial score (nSPS) is 14.7. The molecule has 3 aromatic carbocycles. The first-order chi connectivity index (χ1) is 19.7. The molecule has 0 aromatic heterocycles. The summed E-state index contributed by atoms with van der Waals surface area (Å²) in [7, 11) is -4.07. The lowest BCUT2D eigenvalue weighted by Gasteiger charge is -2.34. The molecular weight excluding hydrogens is 534 g/mol. The van der Waals surface area contributed by atoms with Gasteiger partial charge in [0.05, 0.1) is 10.6 Å². The molecule has 0 radical (unpaired) electrons. The SMILES string of the molecule is CC[C@@H](C(=O)NC1CCCCC1)N(Cc1ccccc1C)C(=O)CN(c1ccc(C)cc1)S(=O)(=O)c1ccccc1. The molecular formula is C33H41N3O4S. The van der Waals surface area contributed by atoms with E-state index < -0.39 is 28.5 Å². The molecule has 4 rings (SSSR count).